The Morgan fingerprint density at radius 3 is 2.27 bits per heavy atom. The second-order valence-electron chi connectivity index (χ2n) is 6.28. The van der Waals surface area contributed by atoms with Crippen molar-refractivity contribution in [3.8, 4) is 0 Å². The van der Waals surface area contributed by atoms with Gasteiger partial charge in [0.25, 0.3) is 5.91 Å². The molecule has 0 unspecified atom stereocenters. The predicted octanol–water partition coefficient (Wildman–Crippen LogP) is 4.16. The van der Waals surface area contributed by atoms with Crippen molar-refractivity contribution in [1.82, 2.24) is 4.31 Å². The van der Waals surface area contributed by atoms with Gasteiger partial charge in [0.1, 0.15) is 0 Å². The average molecular weight is 393 g/mol. The molecular weight excluding hydrogens is 372 g/mol. The Kier molecular flexibility index (Phi) is 5.96. The number of hydrogen-bond donors (Lipinski definition) is 1. The lowest BCUT2D eigenvalue weighted by Crippen LogP contribution is -2.32. The van der Waals surface area contributed by atoms with Crippen LogP contribution in [-0.4, -0.2) is 31.7 Å². The Morgan fingerprint density at radius 2 is 1.62 bits per heavy atom. The fourth-order valence-electron chi connectivity index (χ4n) is 2.99. The van der Waals surface area contributed by atoms with Gasteiger partial charge in [0, 0.05) is 18.8 Å². The summed E-state index contributed by atoms with van der Waals surface area (Å²) in [5.74, 6) is -0.436. The molecule has 5 nitrogen and oxygen atoms in total. The summed E-state index contributed by atoms with van der Waals surface area (Å²) in [7, 11) is -3.64. The number of hydrogen-bond acceptors (Lipinski definition) is 3. The zero-order valence-corrected chi connectivity index (χ0v) is 15.9. The summed E-state index contributed by atoms with van der Waals surface area (Å²) in [6, 6.07) is 13.2. The fraction of sp³-hybridized carbons (Fsp3) is 0.316. The Morgan fingerprint density at radius 1 is 0.962 bits per heavy atom. The van der Waals surface area contributed by atoms with Crippen LogP contribution in [-0.2, 0) is 10.0 Å². The average Bonchev–Trinajstić information content (AvgIpc) is 2.92. The van der Waals surface area contributed by atoms with Crippen LogP contribution in [0.4, 0.5) is 5.69 Å². The zero-order chi connectivity index (χ0) is 18.6. The highest BCUT2D eigenvalue weighted by Gasteiger charge is 2.26. The van der Waals surface area contributed by atoms with Crippen molar-refractivity contribution in [2.45, 2.75) is 30.6 Å². The molecule has 0 saturated carbocycles. The van der Waals surface area contributed by atoms with Crippen molar-refractivity contribution in [1.29, 1.82) is 0 Å². The minimum Gasteiger partial charge on any atom is -0.322 e. The molecule has 7 heteroatoms. The Labute approximate surface area is 159 Å². The van der Waals surface area contributed by atoms with E-state index in [0.29, 0.717) is 18.8 Å². The summed E-state index contributed by atoms with van der Waals surface area (Å²) in [4.78, 5) is 12.6. The van der Waals surface area contributed by atoms with Crippen molar-refractivity contribution in [3.63, 3.8) is 0 Å². The first-order valence-corrected chi connectivity index (χ1v) is 10.5. The van der Waals surface area contributed by atoms with Crippen molar-refractivity contribution < 1.29 is 13.2 Å². The Balaban J connectivity index is 1.88. The molecule has 2 aromatic rings. The standard InChI is InChI=1S/C19H21ClN2O3S/c20-18-11-10-16(26(24,25)22-12-6-1-2-7-13-22)14-17(18)19(23)21-15-8-4-3-5-9-15/h3-5,8-11,14H,1-2,6-7,12-13H2,(H,21,23). The van der Waals surface area contributed by atoms with Gasteiger partial charge in [0.15, 0.2) is 0 Å². The van der Waals surface area contributed by atoms with Crippen LogP contribution in [0.5, 0.6) is 0 Å². The van der Waals surface area contributed by atoms with Gasteiger partial charge in [-0.05, 0) is 43.2 Å². The molecule has 1 N–H and O–H groups in total. The van der Waals surface area contributed by atoms with Crippen LogP contribution in [0.1, 0.15) is 36.0 Å². The highest BCUT2D eigenvalue weighted by atomic mass is 35.5. The number of nitrogens with one attached hydrogen (secondary N) is 1. The normalized spacial score (nSPS) is 16.0. The summed E-state index contributed by atoms with van der Waals surface area (Å²) in [5, 5.41) is 2.95. The first-order valence-electron chi connectivity index (χ1n) is 8.64. The number of rotatable bonds is 4. The van der Waals surface area contributed by atoms with E-state index in [4.69, 9.17) is 11.6 Å². The molecule has 1 aliphatic rings. The first-order chi connectivity index (χ1) is 12.5. The molecule has 0 radical (unpaired) electrons. The van der Waals surface area contributed by atoms with Gasteiger partial charge in [0.05, 0.1) is 15.5 Å². The van der Waals surface area contributed by atoms with E-state index in [9.17, 15) is 13.2 Å². The molecule has 1 saturated heterocycles. The van der Waals surface area contributed by atoms with Crippen molar-refractivity contribution >= 4 is 33.2 Å². The van der Waals surface area contributed by atoms with Gasteiger partial charge >= 0.3 is 0 Å². The monoisotopic (exact) mass is 392 g/mol. The molecule has 3 rings (SSSR count). The summed E-state index contributed by atoms with van der Waals surface area (Å²) < 4.78 is 27.4. The number of amides is 1. The molecule has 0 spiro atoms. The molecule has 1 aliphatic heterocycles. The Bertz CT molecular complexity index is 877. The number of halogens is 1. The van der Waals surface area contributed by atoms with Crippen molar-refractivity contribution in [3.05, 3.63) is 59.1 Å². The molecule has 1 heterocycles. The van der Waals surface area contributed by atoms with Crippen LogP contribution in [0.3, 0.4) is 0 Å². The largest absolute Gasteiger partial charge is 0.322 e. The predicted molar refractivity (Wildman–Crippen MR) is 103 cm³/mol. The molecule has 2 aromatic carbocycles. The summed E-state index contributed by atoms with van der Waals surface area (Å²) in [6.45, 7) is 1.02. The Hall–Kier alpha value is -1.89. The van der Waals surface area contributed by atoms with Gasteiger partial charge in [-0.1, -0.05) is 42.6 Å². The number of anilines is 1. The van der Waals surface area contributed by atoms with E-state index in [0.717, 1.165) is 25.7 Å². The SMILES string of the molecule is O=C(Nc1ccccc1)c1cc(S(=O)(=O)N2CCCCCC2)ccc1Cl. The molecule has 1 amide bonds. The highest BCUT2D eigenvalue weighted by Crippen LogP contribution is 2.25. The van der Waals surface area contributed by atoms with Gasteiger partial charge in [-0.25, -0.2) is 8.42 Å². The number of carbonyl (C=O) groups is 1. The van der Waals surface area contributed by atoms with E-state index in [-0.39, 0.29) is 15.5 Å². The minimum atomic E-state index is -3.64. The van der Waals surface area contributed by atoms with Crippen LogP contribution < -0.4 is 5.32 Å². The van der Waals surface area contributed by atoms with E-state index >= 15 is 0 Å². The molecule has 0 atom stereocenters. The maximum atomic E-state index is 12.9. The quantitative estimate of drug-likeness (QED) is 0.849. The molecule has 138 valence electrons. The second-order valence-corrected chi connectivity index (χ2v) is 8.63. The van der Waals surface area contributed by atoms with Crippen LogP contribution in [0, 0.1) is 0 Å². The third-order valence-electron chi connectivity index (χ3n) is 4.42. The van der Waals surface area contributed by atoms with Gasteiger partial charge in [-0.3, -0.25) is 4.79 Å². The summed E-state index contributed by atoms with van der Waals surface area (Å²) in [5.41, 5.74) is 0.765. The van der Waals surface area contributed by atoms with E-state index in [1.54, 1.807) is 24.3 Å². The van der Waals surface area contributed by atoms with Crippen molar-refractivity contribution in [2.75, 3.05) is 18.4 Å². The van der Waals surface area contributed by atoms with Gasteiger partial charge in [-0.15, -0.1) is 0 Å². The number of benzene rings is 2. The number of nitrogens with zero attached hydrogens (tertiary/aromatic N) is 1. The van der Waals surface area contributed by atoms with E-state index in [1.165, 1.54) is 22.5 Å². The summed E-state index contributed by atoms with van der Waals surface area (Å²) >= 11 is 6.15. The first kappa shape index (κ1) is 18.9. The molecule has 0 bridgehead atoms. The van der Waals surface area contributed by atoms with Gasteiger partial charge in [0.2, 0.25) is 10.0 Å². The minimum absolute atomic E-state index is 0.0991. The highest BCUT2D eigenvalue weighted by molar-refractivity contribution is 7.89. The van der Waals surface area contributed by atoms with E-state index in [2.05, 4.69) is 5.32 Å². The molecule has 0 aromatic heterocycles. The number of para-hydroxylation sites is 1. The van der Waals surface area contributed by atoms with Crippen molar-refractivity contribution in [2.24, 2.45) is 0 Å². The van der Waals surface area contributed by atoms with Crippen LogP contribution in [0.25, 0.3) is 0 Å². The molecule has 0 aliphatic carbocycles. The maximum Gasteiger partial charge on any atom is 0.257 e. The van der Waals surface area contributed by atoms with Crippen LogP contribution in [0.15, 0.2) is 53.4 Å². The van der Waals surface area contributed by atoms with Crippen LogP contribution in [0.2, 0.25) is 5.02 Å². The topological polar surface area (TPSA) is 66.5 Å². The molecule has 1 fully saturated rings. The third-order valence-corrected chi connectivity index (χ3v) is 6.64. The lowest BCUT2D eigenvalue weighted by atomic mass is 10.2. The van der Waals surface area contributed by atoms with Crippen LogP contribution >= 0.6 is 11.6 Å². The molecular formula is C19H21ClN2O3S. The number of carbonyl (C=O) groups excluding carboxylic acids is 1. The fourth-order valence-corrected chi connectivity index (χ4v) is 4.74. The van der Waals surface area contributed by atoms with E-state index in [1.807, 2.05) is 6.07 Å². The lowest BCUT2D eigenvalue weighted by molar-refractivity contribution is 0.102. The number of sulfonamides is 1. The summed E-state index contributed by atoms with van der Waals surface area (Å²) in [6.07, 6.45) is 3.79. The second kappa shape index (κ2) is 8.20. The van der Waals surface area contributed by atoms with Gasteiger partial charge in [-0.2, -0.15) is 4.31 Å². The van der Waals surface area contributed by atoms with Gasteiger partial charge < -0.3 is 5.32 Å². The zero-order valence-electron chi connectivity index (χ0n) is 14.3. The molecule has 26 heavy (non-hydrogen) atoms. The lowest BCUT2D eigenvalue weighted by Gasteiger charge is -2.20. The smallest absolute Gasteiger partial charge is 0.257 e. The third kappa shape index (κ3) is 4.26. The maximum absolute atomic E-state index is 12.9. The van der Waals surface area contributed by atoms with E-state index < -0.39 is 15.9 Å².